The first-order valence-electron chi connectivity index (χ1n) is 10.4. The van der Waals surface area contributed by atoms with Crippen molar-refractivity contribution in [3.05, 3.63) is 36.4 Å². The normalized spacial score (nSPS) is 18.2. The summed E-state index contributed by atoms with van der Waals surface area (Å²) in [5.74, 6) is -0.150. The zero-order valence-corrected chi connectivity index (χ0v) is 16.9. The molecule has 1 aromatic heterocycles. The van der Waals surface area contributed by atoms with Crippen molar-refractivity contribution in [3.63, 3.8) is 0 Å². The molecule has 2 amide bonds. The van der Waals surface area contributed by atoms with Gasteiger partial charge >= 0.3 is 6.03 Å². The maximum atomic E-state index is 13.9. The number of carbonyl (C=O) groups is 1. The monoisotopic (exact) mass is 414 g/mol. The van der Waals surface area contributed by atoms with Gasteiger partial charge in [-0.05, 0) is 50.9 Å². The molecule has 0 unspecified atom stereocenters. The first-order chi connectivity index (χ1) is 14.6. The first kappa shape index (κ1) is 20.3. The first-order valence-corrected chi connectivity index (χ1v) is 10.4. The van der Waals surface area contributed by atoms with Crippen molar-refractivity contribution in [3.8, 4) is 11.6 Å². The third kappa shape index (κ3) is 4.96. The van der Waals surface area contributed by atoms with Crippen LogP contribution in [0.2, 0.25) is 0 Å². The van der Waals surface area contributed by atoms with E-state index in [2.05, 4.69) is 20.2 Å². The van der Waals surface area contributed by atoms with Crippen molar-refractivity contribution in [2.45, 2.75) is 38.1 Å². The highest BCUT2D eigenvalue weighted by Gasteiger charge is 2.27. The molecule has 0 radical (unpaired) electrons. The average Bonchev–Trinajstić information content (AvgIpc) is 2.77. The smallest absolute Gasteiger partial charge is 0.323 e. The van der Waals surface area contributed by atoms with E-state index in [1.54, 1.807) is 0 Å². The fourth-order valence-corrected chi connectivity index (χ4v) is 4.08. The molecule has 0 spiro atoms. The molecule has 2 aromatic rings. The average molecular weight is 414 g/mol. The zero-order valence-electron chi connectivity index (χ0n) is 16.9. The highest BCUT2D eigenvalue weighted by Crippen LogP contribution is 2.26. The Morgan fingerprint density at radius 1 is 1.10 bits per heavy atom. The van der Waals surface area contributed by atoms with Gasteiger partial charge in [-0.1, -0.05) is 6.42 Å². The van der Waals surface area contributed by atoms with E-state index < -0.39 is 5.82 Å². The Morgan fingerprint density at radius 2 is 1.87 bits per heavy atom. The van der Waals surface area contributed by atoms with Gasteiger partial charge in [-0.15, -0.1) is 0 Å². The zero-order chi connectivity index (χ0) is 20.9. The number of halogens is 1. The molecule has 2 fully saturated rings. The summed E-state index contributed by atoms with van der Waals surface area (Å²) in [5, 5.41) is 2.78. The number of ether oxygens (including phenoxy) is 1. The second-order valence-corrected chi connectivity index (χ2v) is 7.78. The number of amides is 2. The van der Waals surface area contributed by atoms with E-state index in [1.165, 1.54) is 62.9 Å². The number of nitrogens with zero attached hydrogens (tertiary/aromatic N) is 4. The molecule has 2 aliphatic heterocycles. The molecule has 0 aliphatic carbocycles. The fraction of sp³-hybridized carbons (Fsp3) is 0.476. The summed E-state index contributed by atoms with van der Waals surface area (Å²) in [7, 11) is 0. The summed E-state index contributed by atoms with van der Waals surface area (Å²) in [5.41, 5.74) is 5.85. The third-order valence-electron chi connectivity index (χ3n) is 5.71. The highest BCUT2D eigenvalue weighted by atomic mass is 19.1. The van der Waals surface area contributed by atoms with Crippen LogP contribution in [0.3, 0.4) is 0 Å². The molecule has 2 saturated heterocycles. The Kier molecular flexibility index (Phi) is 6.27. The van der Waals surface area contributed by atoms with Crippen LogP contribution in [0.15, 0.2) is 30.6 Å². The van der Waals surface area contributed by atoms with Crippen molar-refractivity contribution in [2.75, 3.05) is 37.2 Å². The van der Waals surface area contributed by atoms with Crippen molar-refractivity contribution in [1.82, 2.24) is 19.8 Å². The standard InChI is InChI=1S/C21H27FN6O2/c22-17-12-15(23)4-5-18(17)30-20-13-19(24-14-25-20)26-21(29)28-10-6-16(7-11-28)27-8-2-1-3-9-27/h4-5,12-14,16H,1-3,6-11,23H2,(H,24,25,26,29). The lowest BCUT2D eigenvalue weighted by molar-refractivity contribution is 0.104. The highest BCUT2D eigenvalue weighted by molar-refractivity contribution is 5.88. The van der Waals surface area contributed by atoms with E-state index in [9.17, 15) is 9.18 Å². The van der Waals surface area contributed by atoms with Gasteiger partial charge in [0.1, 0.15) is 12.1 Å². The van der Waals surface area contributed by atoms with Crippen LogP contribution in [-0.2, 0) is 0 Å². The molecule has 3 heterocycles. The number of urea groups is 1. The van der Waals surface area contributed by atoms with Crippen LogP contribution in [0.1, 0.15) is 32.1 Å². The van der Waals surface area contributed by atoms with E-state index in [-0.39, 0.29) is 17.7 Å². The number of piperidine rings is 2. The molecule has 30 heavy (non-hydrogen) atoms. The van der Waals surface area contributed by atoms with E-state index in [1.807, 2.05) is 4.90 Å². The van der Waals surface area contributed by atoms with Crippen molar-refractivity contribution < 1.29 is 13.9 Å². The van der Waals surface area contributed by atoms with Crippen molar-refractivity contribution >= 4 is 17.5 Å². The number of rotatable bonds is 4. The molecule has 4 rings (SSSR count). The van der Waals surface area contributed by atoms with Gasteiger partial charge in [0.25, 0.3) is 0 Å². The maximum Gasteiger partial charge on any atom is 0.323 e. The largest absolute Gasteiger partial charge is 0.436 e. The number of benzene rings is 1. The maximum absolute atomic E-state index is 13.9. The summed E-state index contributed by atoms with van der Waals surface area (Å²) < 4.78 is 19.4. The van der Waals surface area contributed by atoms with Crippen LogP contribution >= 0.6 is 0 Å². The van der Waals surface area contributed by atoms with Gasteiger partial charge in [0, 0.05) is 37.0 Å². The van der Waals surface area contributed by atoms with Crippen LogP contribution < -0.4 is 15.8 Å². The topological polar surface area (TPSA) is 96.6 Å². The molecule has 8 nitrogen and oxygen atoms in total. The number of likely N-dealkylation sites (tertiary alicyclic amines) is 2. The molecule has 3 N–H and O–H groups in total. The van der Waals surface area contributed by atoms with Crippen LogP contribution in [-0.4, -0.2) is 58.0 Å². The molecular weight excluding hydrogens is 387 g/mol. The summed E-state index contributed by atoms with van der Waals surface area (Å²) in [6.45, 7) is 3.79. The summed E-state index contributed by atoms with van der Waals surface area (Å²) >= 11 is 0. The summed E-state index contributed by atoms with van der Waals surface area (Å²) in [4.78, 5) is 25.1. The number of hydrogen-bond donors (Lipinski definition) is 2. The Balaban J connectivity index is 1.32. The molecule has 2 aliphatic rings. The van der Waals surface area contributed by atoms with Crippen LogP contribution in [0, 0.1) is 5.82 Å². The second kappa shape index (κ2) is 9.25. The molecule has 160 valence electrons. The van der Waals surface area contributed by atoms with Gasteiger partial charge in [-0.25, -0.2) is 19.2 Å². The summed E-state index contributed by atoms with van der Waals surface area (Å²) in [6.07, 6.45) is 7.12. The third-order valence-corrected chi connectivity index (χ3v) is 5.71. The van der Waals surface area contributed by atoms with Gasteiger partial charge in [0.15, 0.2) is 11.6 Å². The number of hydrogen-bond acceptors (Lipinski definition) is 6. The number of aromatic nitrogens is 2. The van der Waals surface area contributed by atoms with Crippen molar-refractivity contribution in [1.29, 1.82) is 0 Å². The molecule has 0 bridgehead atoms. The lowest BCUT2D eigenvalue weighted by Gasteiger charge is -2.40. The number of carbonyl (C=O) groups excluding carboxylic acids is 1. The molecule has 9 heteroatoms. The number of nitrogens with one attached hydrogen (secondary N) is 1. The Bertz CT molecular complexity index is 882. The number of nitrogens with two attached hydrogens (primary N) is 1. The van der Waals surface area contributed by atoms with Gasteiger partial charge in [-0.3, -0.25) is 5.32 Å². The molecule has 0 saturated carbocycles. The fourth-order valence-electron chi connectivity index (χ4n) is 4.08. The Hall–Kier alpha value is -2.94. The van der Waals surface area contributed by atoms with E-state index in [4.69, 9.17) is 10.5 Å². The van der Waals surface area contributed by atoms with Gasteiger partial charge in [-0.2, -0.15) is 0 Å². The van der Waals surface area contributed by atoms with Gasteiger partial charge < -0.3 is 20.3 Å². The predicted octanol–water partition coefficient (Wildman–Crippen LogP) is 3.47. The second-order valence-electron chi connectivity index (χ2n) is 7.78. The lowest BCUT2D eigenvalue weighted by Crippen LogP contribution is -2.49. The Labute approximate surface area is 175 Å². The van der Waals surface area contributed by atoms with Crippen LogP contribution in [0.25, 0.3) is 0 Å². The number of nitrogen functional groups attached to an aromatic ring is 1. The predicted molar refractivity (Wildman–Crippen MR) is 112 cm³/mol. The Morgan fingerprint density at radius 3 is 2.60 bits per heavy atom. The minimum atomic E-state index is -0.587. The minimum Gasteiger partial charge on any atom is -0.436 e. The SMILES string of the molecule is Nc1ccc(Oc2cc(NC(=O)N3CCC(N4CCCCC4)CC3)ncn2)c(F)c1. The molecule has 0 atom stereocenters. The number of anilines is 2. The summed E-state index contributed by atoms with van der Waals surface area (Å²) in [6, 6.07) is 5.98. The van der Waals surface area contributed by atoms with E-state index in [0.29, 0.717) is 17.5 Å². The van der Waals surface area contributed by atoms with E-state index >= 15 is 0 Å². The van der Waals surface area contributed by atoms with Gasteiger partial charge in [0.05, 0.1) is 0 Å². The van der Waals surface area contributed by atoms with Crippen LogP contribution in [0.5, 0.6) is 11.6 Å². The molecule has 1 aromatic carbocycles. The lowest BCUT2D eigenvalue weighted by atomic mass is 10.0. The quantitative estimate of drug-likeness (QED) is 0.744. The van der Waals surface area contributed by atoms with E-state index in [0.717, 1.165) is 25.9 Å². The molecular formula is C21H27FN6O2. The van der Waals surface area contributed by atoms with Gasteiger partial charge in [0.2, 0.25) is 5.88 Å². The minimum absolute atomic E-state index is 0.0000356. The van der Waals surface area contributed by atoms with Crippen molar-refractivity contribution in [2.24, 2.45) is 0 Å². The van der Waals surface area contributed by atoms with Crippen LogP contribution in [0.4, 0.5) is 20.7 Å².